The molecule has 0 bridgehead atoms. The first-order valence-electron chi connectivity index (χ1n) is 7.59. The van der Waals surface area contributed by atoms with Crippen molar-refractivity contribution in [3.8, 4) is 0 Å². The van der Waals surface area contributed by atoms with E-state index in [4.69, 9.17) is 16.3 Å². The standard InChI is InChI=1S/C17H28ClNO/c1-14(2)12-19-13-15(8-6-7-11-20-3)16-9-4-5-10-17(16)18/h4-5,9-10,14-15,19H,6-8,11-13H2,1-3H3. The molecule has 0 heterocycles. The van der Waals surface area contributed by atoms with Crippen LogP contribution in [0.5, 0.6) is 0 Å². The van der Waals surface area contributed by atoms with E-state index in [9.17, 15) is 0 Å². The predicted octanol–water partition coefficient (Wildman–Crippen LogP) is 4.49. The monoisotopic (exact) mass is 297 g/mol. The largest absolute Gasteiger partial charge is 0.385 e. The Balaban J connectivity index is 2.56. The first kappa shape index (κ1) is 17.5. The van der Waals surface area contributed by atoms with Crippen molar-refractivity contribution in [1.29, 1.82) is 0 Å². The summed E-state index contributed by atoms with van der Waals surface area (Å²) >= 11 is 6.35. The second-order valence-electron chi connectivity index (χ2n) is 5.76. The summed E-state index contributed by atoms with van der Waals surface area (Å²) in [5, 5.41) is 4.45. The van der Waals surface area contributed by atoms with Crippen LogP contribution < -0.4 is 5.32 Å². The van der Waals surface area contributed by atoms with Crippen molar-refractivity contribution in [1.82, 2.24) is 5.32 Å². The van der Waals surface area contributed by atoms with Gasteiger partial charge >= 0.3 is 0 Å². The minimum Gasteiger partial charge on any atom is -0.385 e. The van der Waals surface area contributed by atoms with Crippen LogP contribution in [-0.4, -0.2) is 26.8 Å². The predicted molar refractivity (Wildman–Crippen MR) is 87.6 cm³/mol. The second kappa shape index (κ2) is 10.2. The molecule has 2 nitrogen and oxygen atoms in total. The zero-order chi connectivity index (χ0) is 14.8. The van der Waals surface area contributed by atoms with Gasteiger partial charge in [-0.1, -0.05) is 50.1 Å². The SMILES string of the molecule is COCCCCC(CNCC(C)C)c1ccccc1Cl. The van der Waals surface area contributed by atoms with E-state index in [-0.39, 0.29) is 0 Å². The highest BCUT2D eigenvalue weighted by atomic mass is 35.5. The molecule has 114 valence electrons. The molecule has 0 spiro atoms. The molecule has 1 N–H and O–H groups in total. The van der Waals surface area contributed by atoms with Crippen LogP contribution in [0.25, 0.3) is 0 Å². The highest BCUT2D eigenvalue weighted by molar-refractivity contribution is 6.31. The van der Waals surface area contributed by atoms with E-state index in [1.807, 2.05) is 12.1 Å². The van der Waals surface area contributed by atoms with E-state index in [2.05, 4.69) is 31.3 Å². The summed E-state index contributed by atoms with van der Waals surface area (Å²) in [4.78, 5) is 0. The van der Waals surface area contributed by atoms with Crippen molar-refractivity contribution in [2.75, 3.05) is 26.8 Å². The van der Waals surface area contributed by atoms with Crippen LogP contribution >= 0.6 is 11.6 Å². The van der Waals surface area contributed by atoms with Gasteiger partial charge in [0.05, 0.1) is 0 Å². The third kappa shape index (κ3) is 6.74. The number of unbranched alkanes of at least 4 members (excludes halogenated alkanes) is 1. The van der Waals surface area contributed by atoms with Crippen molar-refractivity contribution in [2.45, 2.75) is 39.0 Å². The van der Waals surface area contributed by atoms with Crippen LogP contribution in [0.4, 0.5) is 0 Å². The molecule has 0 aliphatic heterocycles. The summed E-state index contributed by atoms with van der Waals surface area (Å²) in [5.41, 5.74) is 1.27. The third-order valence-electron chi connectivity index (χ3n) is 3.44. The molecule has 0 saturated heterocycles. The second-order valence-corrected chi connectivity index (χ2v) is 6.17. The van der Waals surface area contributed by atoms with Gasteiger partial charge in [0.25, 0.3) is 0 Å². The Morgan fingerprint density at radius 2 is 1.90 bits per heavy atom. The Morgan fingerprint density at radius 1 is 1.15 bits per heavy atom. The number of methoxy groups -OCH3 is 1. The fraction of sp³-hybridized carbons (Fsp3) is 0.647. The highest BCUT2D eigenvalue weighted by Gasteiger charge is 2.14. The number of ether oxygens (including phenoxy) is 1. The van der Waals surface area contributed by atoms with Gasteiger partial charge in [-0.05, 0) is 42.9 Å². The molecular weight excluding hydrogens is 270 g/mol. The average Bonchev–Trinajstić information content (AvgIpc) is 2.42. The van der Waals surface area contributed by atoms with Crippen LogP contribution in [0.15, 0.2) is 24.3 Å². The molecule has 1 rings (SSSR count). The average molecular weight is 298 g/mol. The molecule has 0 aromatic heterocycles. The minimum absolute atomic E-state index is 0.485. The molecule has 1 aromatic carbocycles. The van der Waals surface area contributed by atoms with E-state index in [1.54, 1.807) is 7.11 Å². The van der Waals surface area contributed by atoms with E-state index in [0.29, 0.717) is 11.8 Å². The molecule has 1 unspecified atom stereocenters. The lowest BCUT2D eigenvalue weighted by Crippen LogP contribution is -2.25. The lowest BCUT2D eigenvalue weighted by Gasteiger charge is -2.20. The fourth-order valence-electron chi connectivity index (χ4n) is 2.36. The number of nitrogens with one attached hydrogen (secondary N) is 1. The zero-order valence-corrected chi connectivity index (χ0v) is 13.7. The lowest BCUT2D eigenvalue weighted by atomic mass is 9.93. The Morgan fingerprint density at radius 3 is 2.55 bits per heavy atom. The summed E-state index contributed by atoms with van der Waals surface area (Å²) in [5.74, 6) is 1.16. The molecule has 1 aromatic rings. The summed E-state index contributed by atoms with van der Waals surface area (Å²) < 4.78 is 5.12. The molecule has 0 saturated carbocycles. The van der Waals surface area contributed by atoms with Crippen LogP contribution in [0, 0.1) is 5.92 Å². The maximum absolute atomic E-state index is 6.35. The normalized spacial score (nSPS) is 12.8. The van der Waals surface area contributed by atoms with Crippen LogP contribution in [-0.2, 0) is 4.74 Å². The molecule has 20 heavy (non-hydrogen) atoms. The quantitative estimate of drug-likeness (QED) is 0.643. The molecule has 0 amide bonds. The van der Waals surface area contributed by atoms with Crippen LogP contribution in [0.1, 0.15) is 44.6 Å². The Hall–Kier alpha value is -0.570. The van der Waals surface area contributed by atoms with Crippen molar-refractivity contribution < 1.29 is 4.74 Å². The number of hydrogen-bond donors (Lipinski definition) is 1. The number of halogens is 1. The van der Waals surface area contributed by atoms with Gasteiger partial charge in [0.15, 0.2) is 0 Å². The Bertz CT molecular complexity index is 368. The summed E-state index contributed by atoms with van der Waals surface area (Å²) in [6.45, 7) is 7.36. The van der Waals surface area contributed by atoms with Crippen LogP contribution in [0.3, 0.4) is 0 Å². The van der Waals surface area contributed by atoms with Gasteiger partial charge in [0.1, 0.15) is 0 Å². The van der Waals surface area contributed by atoms with Gasteiger partial charge in [0, 0.05) is 25.3 Å². The summed E-state index contributed by atoms with van der Waals surface area (Å²) in [7, 11) is 1.76. The minimum atomic E-state index is 0.485. The van der Waals surface area contributed by atoms with E-state index in [0.717, 1.165) is 37.6 Å². The molecule has 0 fully saturated rings. The molecule has 3 heteroatoms. The lowest BCUT2D eigenvalue weighted by molar-refractivity contribution is 0.191. The maximum atomic E-state index is 6.35. The third-order valence-corrected chi connectivity index (χ3v) is 3.78. The first-order chi connectivity index (χ1) is 9.65. The molecular formula is C17H28ClNO. The number of hydrogen-bond acceptors (Lipinski definition) is 2. The van der Waals surface area contributed by atoms with Gasteiger partial charge < -0.3 is 10.1 Å². The van der Waals surface area contributed by atoms with Gasteiger partial charge in [-0.3, -0.25) is 0 Å². The fourth-order valence-corrected chi connectivity index (χ4v) is 2.65. The van der Waals surface area contributed by atoms with Crippen molar-refractivity contribution in [3.63, 3.8) is 0 Å². The number of rotatable bonds is 10. The van der Waals surface area contributed by atoms with Gasteiger partial charge in [-0.15, -0.1) is 0 Å². The molecule has 0 aliphatic carbocycles. The van der Waals surface area contributed by atoms with Crippen LogP contribution in [0.2, 0.25) is 5.02 Å². The summed E-state index contributed by atoms with van der Waals surface area (Å²) in [6, 6.07) is 8.21. The molecule has 0 radical (unpaired) electrons. The van der Waals surface area contributed by atoms with Gasteiger partial charge in [-0.2, -0.15) is 0 Å². The Labute approximate surface area is 128 Å². The maximum Gasteiger partial charge on any atom is 0.0462 e. The van der Waals surface area contributed by atoms with Gasteiger partial charge in [0.2, 0.25) is 0 Å². The molecule has 0 aliphatic rings. The van der Waals surface area contributed by atoms with Crippen molar-refractivity contribution >= 4 is 11.6 Å². The zero-order valence-electron chi connectivity index (χ0n) is 13.0. The van der Waals surface area contributed by atoms with Crippen molar-refractivity contribution in [2.24, 2.45) is 5.92 Å². The highest BCUT2D eigenvalue weighted by Crippen LogP contribution is 2.28. The van der Waals surface area contributed by atoms with Crippen molar-refractivity contribution in [3.05, 3.63) is 34.9 Å². The van der Waals surface area contributed by atoms with Gasteiger partial charge in [-0.25, -0.2) is 0 Å². The molecule has 1 atom stereocenters. The first-order valence-corrected chi connectivity index (χ1v) is 7.97. The smallest absolute Gasteiger partial charge is 0.0462 e. The van der Waals surface area contributed by atoms with E-state index >= 15 is 0 Å². The summed E-state index contributed by atoms with van der Waals surface area (Å²) in [6.07, 6.45) is 3.44. The number of benzene rings is 1. The van der Waals surface area contributed by atoms with E-state index < -0.39 is 0 Å². The Kier molecular flexibility index (Phi) is 8.92. The van der Waals surface area contributed by atoms with E-state index in [1.165, 1.54) is 12.0 Å². The topological polar surface area (TPSA) is 21.3 Å².